The topological polar surface area (TPSA) is 84.2 Å². The van der Waals surface area contributed by atoms with E-state index < -0.39 is 6.04 Å². The largest absolute Gasteiger partial charge is 0.354 e. The monoisotopic (exact) mass is 261 g/mol. The molecule has 4 N–H and O–H groups in total. The Bertz CT molecular complexity index is 456. The Balaban J connectivity index is 2.00. The van der Waals surface area contributed by atoms with Crippen molar-refractivity contribution in [1.29, 1.82) is 0 Å². The van der Waals surface area contributed by atoms with Crippen molar-refractivity contribution in [1.82, 2.24) is 10.6 Å². The SMILES string of the molecule is NCc1ccc(C(=O)NC2CCCCNC2=O)cc1. The number of hydrogen-bond donors (Lipinski definition) is 3. The Hall–Kier alpha value is -1.88. The van der Waals surface area contributed by atoms with Gasteiger partial charge in [-0.15, -0.1) is 0 Å². The highest BCUT2D eigenvalue weighted by Gasteiger charge is 2.22. The summed E-state index contributed by atoms with van der Waals surface area (Å²) >= 11 is 0. The van der Waals surface area contributed by atoms with E-state index in [0.717, 1.165) is 18.4 Å². The van der Waals surface area contributed by atoms with Crippen molar-refractivity contribution in [3.05, 3.63) is 35.4 Å². The van der Waals surface area contributed by atoms with Crippen LogP contribution in [0.25, 0.3) is 0 Å². The maximum Gasteiger partial charge on any atom is 0.251 e. The molecule has 0 bridgehead atoms. The van der Waals surface area contributed by atoms with Crippen LogP contribution in [0, 0.1) is 0 Å². The number of amides is 2. The van der Waals surface area contributed by atoms with Crippen LogP contribution in [-0.4, -0.2) is 24.4 Å². The van der Waals surface area contributed by atoms with E-state index in [-0.39, 0.29) is 11.8 Å². The summed E-state index contributed by atoms with van der Waals surface area (Å²) in [5.74, 6) is -0.310. The van der Waals surface area contributed by atoms with Gasteiger partial charge in [0.25, 0.3) is 5.91 Å². The van der Waals surface area contributed by atoms with Crippen LogP contribution < -0.4 is 16.4 Å². The second kappa shape index (κ2) is 6.33. The van der Waals surface area contributed by atoms with Gasteiger partial charge in [0, 0.05) is 18.7 Å². The standard InChI is InChI=1S/C14H19N3O2/c15-9-10-4-6-11(7-5-10)13(18)17-12-3-1-2-8-16-14(12)19/h4-7,12H,1-3,8-9,15H2,(H,16,19)(H,17,18). The zero-order chi connectivity index (χ0) is 13.7. The molecule has 1 fully saturated rings. The molecule has 0 aliphatic carbocycles. The average Bonchev–Trinajstić information content (AvgIpc) is 2.64. The number of rotatable bonds is 3. The van der Waals surface area contributed by atoms with E-state index in [4.69, 9.17) is 5.73 Å². The predicted molar refractivity (Wildman–Crippen MR) is 72.4 cm³/mol. The lowest BCUT2D eigenvalue weighted by molar-refractivity contribution is -0.122. The summed E-state index contributed by atoms with van der Waals surface area (Å²) in [7, 11) is 0. The van der Waals surface area contributed by atoms with Gasteiger partial charge in [0.1, 0.15) is 6.04 Å². The van der Waals surface area contributed by atoms with Gasteiger partial charge in [-0.05, 0) is 37.0 Å². The average molecular weight is 261 g/mol. The van der Waals surface area contributed by atoms with E-state index in [2.05, 4.69) is 10.6 Å². The van der Waals surface area contributed by atoms with Gasteiger partial charge in [-0.3, -0.25) is 9.59 Å². The molecule has 19 heavy (non-hydrogen) atoms. The van der Waals surface area contributed by atoms with Gasteiger partial charge in [-0.25, -0.2) is 0 Å². The van der Waals surface area contributed by atoms with E-state index in [1.54, 1.807) is 12.1 Å². The van der Waals surface area contributed by atoms with Gasteiger partial charge in [0.2, 0.25) is 5.91 Å². The van der Waals surface area contributed by atoms with E-state index in [1.165, 1.54) is 0 Å². The summed E-state index contributed by atoms with van der Waals surface area (Å²) in [6.07, 6.45) is 2.59. The minimum atomic E-state index is -0.427. The molecule has 2 amide bonds. The highest BCUT2D eigenvalue weighted by molar-refractivity contribution is 5.97. The van der Waals surface area contributed by atoms with Crippen molar-refractivity contribution < 1.29 is 9.59 Å². The van der Waals surface area contributed by atoms with Crippen LogP contribution in [0.1, 0.15) is 35.2 Å². The molecule has 0 saturated carbocycles. The molecule has 1 aromatic carbocycles. The fourth-order valence-electron chi connectivity index (χ4n) is 2.11. The third-order valence-corrected chi connectivity index (χ3v) is 3.29. The molecule has 0 spiro atoms. The molecule has 5 heteroatoms. The number of nitrogens with two attached hydrogens (primary N) is 1. The molecular weight excluding hydrogens is 242 g/mol. The molecule has 1 heterocycles. The maximum absolute atomic E-state index is 12.0. The van der Waals surface area contributed by atoms with E-state index in [1.807, 2.05) is 12.1 Å². The van der Waals surface area contributed by atoms with Crippen LogP contribution in [-0.2, 0) is 11.3 Å². The van der Waals surface area contributed by atoms with Crippen LogP contribution in [0.3, 0.4) is 0 Å². The summed E-state index contributed by atoms with van der Waals surface area (Å²) in [4.78, 5) is 23.8. The first kappa shape index (κ1) is 13.5. The lowest BCUT2D eigenvalue weighted by Crippen LogP contribution is -2.45. The molecule has 1 atom stereocenters. The Morgan fingerprint density at radius 1 is 1.32 bits per heavy atom. The third kappa shape index (κ3) is 3.54. The normalized spacial score (nSPS) is 19.4. The first-order valence-corrected chi connectivity index (χ1v) is 6.58. The van der Waals surface area contributed by atoms with Crippen molar-refractivity contribution in [2.24, 2.45) is 5.73 Å². The van der Waals surface area contributed by atoms with Gasteiger partial charge in [-0.2, -0.15) is 0 Å². The molecular formula is C14H19N3O2. The lowest BCUT2D eigenvalue weighted by Gasteiger charge is -2.15. The molecule has 1 aliphatic heterocycles. The smallest absolute Gasteiger partial charge is 0.251 e. The minimum absolute atomic E-state index is 0.0931. The van der Waals surface area contributed by atoms with Gasteiger partial charge in [0.15, 0.2) is 0 Å². The molecule has 2 rings (SSSR count). The second-order valence-electron chi connectivity index (χ2n) is 4.71. The Morgan fingerprint density at radius 2 is 2.05 bits per heavy atom. The fourth-order valence-corrected chi connectivity index (χ4v) is 2.11. The van der Waals surface area contributed by atoms with Gasteiger partial charge < -0.3 is 16.4 Å². The Morgan fingerprint density at radius 3 is 2.74 bits per heavy atom. The Labute approximate surface area is 112 Å². The van der Waals surface area contributed by atoms with Crippen molar-refractivity contribution in [2.75, 3.05) is 6.54 Å². The summed E-state index contributed by atoms with van der Waals surface area (Å²) < 4.78 is 0. The van der Waals surface area contributed by atoms with Crippen molar-refractivity contribution in [3.63, 3.8) is 0 Å². The van der Waals surface area contributed by atoms with Crippen LogP contribution >= 0.6 is 0 Å². The van der Waals surface area contributed by atoms with Crippen LogP contribution in [0.4, 0.5) is 0 Å². The fraction of sp³-hybridized carbons (Fsp3) is 0.429. The van der Waals surface area contributed by atoms with Crippen LogP contribution in [0.15, 0.2) is 24.3 Å². The summed E-state index contributed by atoms with van der Waals surface area (Å²) in [6, 6.07) is 6.67. The third-order valence-electron chi connectivity index (χ3n) is 3.29. The van der Waals surface area contributed by atoms with Gasteiger partial charge in [0.05, 0.1) is 0 Å². The van der Waals surface area contributed by atoms with E-state index in [9.17, 15) is 9.59 Å². The first-order chi connectivity index (χ1) is 9.20. The second-order valence-corrected chi connectivity index (χ2v) is 4.71. The van der Waals surface area contributed by atoms with Gasteiger partial charge in [-0.1, -0.05) is 12.1 Å². The summed E-state index contributed by atoms with van der Waals surface area (Å²) in [6.45, 7) is 1.14. The van der Waals surface area contributed by atoms with Crippen LogP contribution in [0.5, 0.6) is 0 Å². The lowest BCUT2D eigenvalue weighted by atomic mass is 10.1. The maximum atomic E-state index is 12.0. The summed E-state index contributed by atoms with van der Waals surface area (Å²) in [5.41, 5.74) is 7.03. The highest BCUT2D eigenvalue weighted by atomic mass is 16.2. The zero-order valence-corrected chi connectivity index (χ0v) is 10.8. The van der Waals surface area contributed by atoms with E-state index in [0.29, 0.717) is 25.1 Å². The minimum Gasteiger partial charge on any atom is -0.354 e. The number of nitrogens with one attached hydrogen (secondary N) is 2. The molecule has 0 aromatic heterocycles. The molecule has 1 aromatic rings. The zero-order valence-electron chi connectivity index (χ0n) is 10.8. The molecule has 0 radical (unpaired) electrons. The van der Waals surface area contributed by atoms with E-state index >= 15 is 0 Å². The molecule has 5 nitrogen and oxygen atoms in total. The highest BCUT2D eigenvalue weighted by Crippen LogP contribution is 2.08. The molecule has 1 aliphatic rings. The van der Waals surface area contributed by atoms with Crippen molar-refractivity contribution in [2.45, 2.75) is 31.8 Å². The number of carbonyl (C=O) groups is 2. The quantitative estimate of drug-likeness (QED) is 0.742. The predicted octanol–water partition coefficient (Wildman–Crippen LogP) is 0.544. The first-order valence-electron chi connectivity index (χ1n) is 6.58. The summed E-state index contributed by atoms with van der Waals surface area (Å²) in [5, 5.41) is 5.58. The van der Waals surface area contributed by atoms with Crippen LogP contribution in [0.2, 0.25) is 0 Å². The number of carbonyl (C=O) groups excluding carboxylic acids is 2. The molecule has 102 valence electrons. The Kier molecular flexibility index (Phi) is 4.52. The van der Waals surface area contributed by atoms with Crippen molar-refractivity contribution >= 4 is 11.8 Å². The van der Waals surface area contributed by atoms with Crippen molar-refractivity contribution in [3.8, 4) is 0 Å². The number of benzene rings is 1. The molecule has 1 unspecified atom stereocenters. The van der Waals surface area contributed by atoms with Gasteiger partial charge >= 0.3 is 0 Å². The number of hydrogen-bond acceptors (Lipinski definition) is 3. The molecule has 1 saturated heterocycles.